The van der Waals surface area contributed by atoms with Crippen molar-refractivity contribution in [3.63, 3.8) is 0 Å². The fraction of sp³-hybridized carbons (Fsp3) is 0.900. The van der Waals surface area contributed by atoms with Gasteiger partial charge in [-0.2, -0.15) is 0 Å². The van der Waals surface area contributed by atoms with Crippen LogP contribution in [-0.4, -0.2) is 22.1 Å². The summed E-state index contributed by atoms with van der Waals surface area (Å²) in [5.74, 6) is 0.654. The Kier molecular flexibility index (Phi) is 6.52. The highest BCUT2D eigenvalue weighted by Gasteiger charge is 2.15. The molecule has 0 bridgehead atoms. The van der Waals surface area contributed by atoms with Gasteiger partial charge in [0.2, 0.25) is 0 Å². The third kappa shape index (κ3) is 5.81. The van der Waals surface area contributed by atoms with E-state index in [-0.39, 0.29) is 0 Å². The molecule has 1 saturated heterocycles. The van der Waals surface area contributed by atoms with Crippen LogP contribution in [0.2, 0.25) is 0 Å². The van der Waals surface area contributed by atoms with Crippen molar-refractivity contribution in [1.82, 2.24) is 0 Å². The van der Waals surface area contributed by atoms with Crippen LogP contribution < -0.4 is 0 Å². The summed E-state index contributed by atoms with van der Waals surface area (Å²) in [6, 6.07) is 0. The molecule has 1 aliphatic heterocycles. The molecule has 0 aromatic carbocycles. The van der Waals surface area contributed by atoms with Gasteiger partial charge in [-0.25, -0.2) is 0 Å². The van der Waals surface area contributed by atoms with Gasteiger partial charge in [0.05, 0.1) is 0 Å². The van der Waals surface area contributed by atoms with Crippen LogP contribution in [0, 0.1) is 0 Å². The molecule has 4 heteroatoms. The van der Waals surface area contributed by atoms with Crippen molar-refractivity contribution >= 4 is 27.6 Å². The number of unbranched alkanes of at least 4 members (excludes halogenated alkanes) is 3. The first kappa shape index (κ1) is 12.2. The molecule has 0 aromatic heterocycles. The van der Waals surface area contributed by atoms with Crippen LogP contribution in [-0.2, 0) is 4.79 Å². The Balaban J connectivity index is 1.82. The maximum Gasteiger partial charge on any atom is 0.303 e. The van der Waals surface area contributed by atoms with Crippen molar-refractivity contribution < 1.29 is 9.90 Å². The van der Waals surface area contributed by atoms with E-state index in [4.69, 9.17) is 5.11 Å². The molecule has 1 rings (SSSR count). The molecule has 2 nitrogen and oxygen atoms in total. The Morgan fingerprint density at radius 2 is 2.07 bits per heavy atom. The van der Waals surface area contributed by atoms with Crippen molar-refractivity contribution in [2.45, 2.75) is 50.2 Å². The van der Waals surface area contributed by atoms with E-state index in [1.165, 1.54) is 31.4 Å². The lowest BCUT2D eigenvalue weighted by atomic mass is 10.1. The predicted molar refractivity (Wildman–Crippen MR) is 63.8 cm³/mol. The summed E-state index contributed by atoms with van der Waals surface area (Å²) in [6.07, 6.45) is 7.44. The highest BCUT2D eigenvalue weighted by atomic mass is 33.1. The third-order valence-electron chi connectivity index (χ3n) is 2.39. The molecule has 0 aliphatic carbocycles. The molecule has 1 unspecified atom stereocenters. The first-order chi connectivity index (χ1) is 6.79. The van der Waals surface area contributed by atoms with Crippen molar-refractivity contribution in [2.75, 3.05) is 5.75 Å². The Hall–Kier alpha value is 0.170. The molecule has 1 heterocycles. The number of rotatable bonds is 7. The molecule has 0 spiro atoms. The van der Waals surface area contributed by atoms with Gasteiger partial charge in [-0.1, -0.05) is 40.9 Å². The summed E-state index contributed by atoms with van der Waals surface area (Å²) in [4.78, 5) is 10.2. The molecule has 0 amide bonds. The Morgan fingerprint density at radius 1 is 1.29 bits per heavy atom. The normalized spacial score (nSPS) is 21.3. The van der Waals surface area contributed by atoms with E-state index < -0.39 is 5.97 Å². The van der Waals surface area contributed by atoms with E-state index in [2.05, 4.69) is 0 Å². The number of carboxylic acids is 1. The van der Waals surface area contributed by atoms with Crippen molar-refractivity contribution in [1.29, 1.82) is 0 Å². The average molecular weight is 234 g/mol. The van der Waals surface area contributed by atoms with E-state index in [0.29, 0.717) is 6.42 Å². The monoisotopic (exact) mass is 234 g/mol. The summed E-state index contributed by atoms with van der Waals surface area (Å²) in [7, 11) is 4.03. The van der Waals surface area contributed by atoms with Crippen molar-refractivity contribution in [3.05, 3.63) is 0 Å². The molecular formula is C10H18O2S2. The molecule has 1 atom stereocenters. The summed E-state index contributed by atoms with van der Waals surface area (Å²) in [6.45, 7) is 0. The van der Waals surface area contributed by atoms with Gasteiger partial charge in [0.1, 0.15) is 0 Å². The SMILES string of the molecule is O=C(O)CCCCCCC1CCSS1. The zero-order valence-corrected chi connectivity index (χ0v) is 10.0. The quantitative estimate of drug-likeness (QED) is 0.540. The van der Waals surface area contributed by atoms with Crippen LogP contribution in [0.15, 0.2) is 0 Å². The first-order valence-electron chi connectivity index (χ1n) is 5.29. The van der Waals surface area contributed by atoms with Gasteiger partial charge in [-0.15, -0.1) is 0 Å². The number of carboxylic acid groups (broad SMARTS) is 1. The zero-order chi connectivity index (χ0) is 10.2. The van der Waals surface area contributed by atoms with Gasteiger partial charge < -0.3 is 5.11 Å². The average Bonchev–Trinajstić information content (AvgIpc) is 2.63. The molecule has 0 radical (unpaired) electrons. The minimum Gasteiger partial charge on any atom is -0.481 e. The van der Waals surface area contributed by atoms with Crippen LogP contribution in [0.3, 0.4) is 0 Å². The van der Waals surface area contributed by atoms with Gasteiger partial charge in [-0.05, 0) is 19.3 Å². The Morgan fingerprint density at radius 3 is 2.71 bits per heavy atom. The lowest BCUT2D eigenvalue weighted by Gasteiger charge is -2.05. The number of carbonyl (C=O) groups is 1. The molecule has 0 aromatic rings. The lowest BCUT2D eigenvalue weighted by Crippen LogP contribution is -1.97. The highest BCUT2D eigenvalue weighted by Crippen LogP contribution is 2.39. The van der Waals surface area contributed by atoms with Crippen molar-refractivity contribution in [3.8, 4) is 0 Å². The molecule has 1 aliphatic rings. The van der Waals surface area contributed by atoms with Crippen LogP contribution in [0.5, 0.6) is 0 Å². The van der Waals surface area contributed by atoms with Gasteiger partial charge in [0, 0.05) is 17.4 Å². The smallest absolute Gasteiger partial charge is 0.303 e. The predicted octanol–water partition coefficient (Wildman–Crippen LogP) is 3.57. The Labute approximate surface area is 93.6 Å². The van der Waals surface area contributed by atoms with Gasteiger partial charge in [0.25, 0.3) is 0 Å². The Bertz CT molecular complexity index is 168. The largest absolute Gasteiger partial charge is 0.481 e. The maximum absolute atomic E-state index is 10.2. The fourth-order valence-electron chi connectivity index (χ4n) is 1.57. The van der Waals surface area contributed by atoms with Crippen LogP contribution in [0.1, 0.15) is 44.9 Å². The number of hydrogen-bond donors (Lipinski definition) is 1. The minimum atomic E-state index is -0.659. The number of hydrogen-bond acceptors (Lipinski definition) is 3. The maximum atomic E-state index is 10.2. The van der Waals surface area contributed by atoms with E-state index in [0.717, 1.165) is 18.1 Å². The zero-order valence-electron chi connectivity index (χ0n) is 8.41. The summed E-state index contributed by atoms with van der Waals surface area (Å²) in [5, 5.41) is 9.31. The van der Waals surface area contributed by atoms with Crippen LogP contribution in [0.25, 0.3) is 0 Å². The second kappa shape index (κ2) is 7.46. The van der Waals surface area contributed by atoms with Crippen molar-refractivity contribution in [2.24, 2.45) is 0 Å². The molecule has 1 fully saturated rings. The topological polar surface area (TPSA) is 37.3 Å². The van der Waals surface area contributed by atoms with Gasteiger partial charge >= 0.3 is 5.97 Å². The number of aliphatic carboxylic acids is 1. The highest BCUT2D eigenvalue weighted by molar-refractivity contribution is 8.77. The molecule has 82 valence electrons. The second-order valence-corrected chi connectivity index (χ2v) is 6.46. The summed E-state index contributed by atoms with van der Waals surface area (Å²) < 4.78 is 0. The van der Waals surface area contributed by atoms with E-state index in [9.17, 15) is 4.79 Å². The van der Waals surface area contributed by atoms with Crippen LogP contribution >= 0.6 is 21.6 Å². The summed E-state index contributed by atoms with van der Waals surface area (Å²) in [5.41, 5.74) is 0. The van der Waals surface area contributed by atoms with Gasteiger partial charge in [0.15, 0.2) is 0 Å². The van der Waals surface area contributed by atoms with Gasteiger partial charge in [-0.3, -0.25) is 4.79 Å². The fourth-order valence-corrected chi connectivity index (χ4v) is 4.59. The van der Waals surface area contributed by atoms with Crippen LogP contribution in [0.4, 0.5) is 0 Å². The van der Waals surface area contributed by atoms with E-state index in [1.807, 2.05) is 21.6 Å². The standard InChI is InChI=1S/C10H18O2S2/c11-10(12)6-4-2-1-3-5-9-7-8-13-14-9/h9H,1-8H2,(H,11,12). The minimum absolute atomic E-state index is 0.341. The molecular weight excluding hydrogens is 216 g/mol. The third-order valence-corrected chi connectivity index (χ3v) is 5.40. The van der Waals surface area contributed by atoms with E-state index >= 15 is 0 Å². The lowest BCUT2D eigenvalue weighted by molar-refractivity contribution is -0.137. The first-order valence-corrected chi connectivity index (χ1v) is 7.67. The molecule has 14 heavy (non-hydrogen) atoms. The summed E-state index contributed by atoms with van der Waals surface area (Å²) >= 11 is 0. The van der Waals surface area contributed by atoms with E-state index in [1.54, 1.807) is 0 Å². The molecule has 1 N–H and O–H groups in total. The second-order valence-electron chi connectivity index (χ2n) is 3.68. The molecule has 0 saturated carbocycles.